The number of hydrogen-bond acceptors (Lipinski definition) is 8. The Labute approximate surface area is 175 Å². The number of aromatic hydroxyl groups is 2. The van der Waals surface area contributed by atoms with Gasteiger partial charge in [-0.15, -0.1) is 0 Å². The summed E-state index contributed by atoms with van der Waals surface area (Å²) >= 11 is 0. The average molecular weight is 420 g/mol. The van der Waals surface area contributed by atoms with E-state index in [2.05, 4.69) is 0 Å². The van der Waals surface area contributed by atoms with Crippen LogP contribution in [0.25, 0.3) is 0 Å². The van der Waals surface area contributed by atoms with Gasteiger partial charge in [0.05, 0.1) is 28.4 Å². The fourth-order valence-electron chi connectivity index (χ4n) is 4.49. The van der Waals surface area contributed by atoms with Crippen molar-refractivity contribution in [2.45, 2.75) is 12.3 Å². The maximum absolute atomic E-state index is 10.4. The van der Waals surface area contributed by atoms with Crippen LogP contribution in [0.1, 0.15) is 22.6 Å². The Morgan fingerprint density at radius 3 is 1.90 bits per heavy atom. The quantitative estimate of drug-likeness (QED) is 0.503. The number of rotatable bonds is 7. The van der Waals surface area contributed by atoms with Gasteiger partial charge in [-0.2, -0.15) is 0 Å². The molecule has 0 saturated carbocycles. The zero-order valence-electron chi connectivity index (χ0n) is 17.5. The molecule has 0 unspecified atom stereocenters. The van der Waals surface area contributed by atoms with Crippen LogP contribution in [-0.2, 0) is 6.42 Å². The lowest BCUT2D eigenvalue weighted by Gasteiger charge is -2.39. The van der Waals surface area contributed by atoms with Gasteiger partial charge >= 0.3 is 0 Å². The molecule has 4 N–H and O–H groups in total. The van der Waals surface area contributed by atoms with E-state index in [-0.39, 0.29) is 42.3 Å². The van der Waals surface area contributed by atoms with Gasteiger partial charge in [0.15, 0.2) is 23.0 Å². The molecular formula is C22H28O8. The molecule has 0 radical (unpaired) electrons. The molecular weight excluding hydrogens is 392 g/mol. The molecule has 2 aromatic rings. The lowest BCUT2D eigenvalue weighted by molar-refractivity contribution is 0.0999. The van der Waals surface area contributed by atoms with Gasteiger partial charge in [-0.3, -0.25) is 0 Å². The van der Waals surface area contributed by atoms with Crippen molar-refractivity contribution in [1.82, 2.24) is 0 Å². The van der Waals surface area contributed by atoms with Gasteiger partial charge in [0.2, 0.25) is 11.5 Å². The average Bonchev–Trinajstić information content (AvgIpc) is 2.77. The van der Waals surface area contributed by atoms with Gasteiger partial charge in [0.1, 0.15) is 0 Å². The molecule has 3 atom stereocenters. The molecule has 8 heteroatoms. The normalized spacial score (nSPS) is 20.4. The number of phenolic OH excluding ortho intramolecular Hbond substituents is 2. The summed E-state index contributed by atoms with van der Waals surface area (Å²) in [6, 6.07) is 5.04. The van der Waals surface area contributed by atoms with Gasteiger partial charge in [0.25, 0.3) is 0 Å². The van der Waals surface area contributed by atoms with Crippen molar-refractivity contribution in [2.24, 2.45) is 11.8 Å². The minimum atomic E-state index is -0.467. The largest absolute Gasteiger partial charge is 0.504 e. The van der Waals surface area contributed by atoms with E-state index >= 15 is 0 Å². The highest BCUT2D eigenvalue weighted by Gasteiger charge is 2.41. The van der Waals surface area contributed by atoms with E-state index in [9.17, 15) is 20.4 Å². The first kappa shape index (κ1) is 21.9. The number of ether oxygens (including phenoxy) is 4. The van der Waals surface area contributed by atoms with E-state index in [1.807, 2.05) is 0 Å². The Kier molecular flexibility index (Phi) is 6.48. The number of benzene rings is 2. The molecule has 0 aromatic heterocycles. The highest BCUT2D eigenvalue weighted by atomic mass is 16.5. The van der Waals surface area contributed by atoms with Crippen LogP contribution in [0.3, 0.4) is 0 Å². The zero-order chi connectivity index (χ0) is 22.0. The second-order valence-corrected chi connectivity index (χ2v) is 7.28. The number of phenols is 2. The monoisotopic (exact) mass is 420 g/mol. The van der Waals surface area contributed by atoms with Crippen molar-refractivity contribution in [3.8, 4) is 34.5 Å². The topological polar surface area (TPSA) is 118 Å². The number of fused-ring (bicyclic) bond motifs is 1. The van der Waals surface area contributed by atoms with Gasteiger partial charge in [-0.1, -0.05) is 0 Å². The maximum atomic E-state index is 10.4. The molecule has 0 fully saturated rings. The summed E-state index contributed by atoms with van der Waals surface area (Å²) in [5.41, 5.74) is 2.10. The van der Waals surface area contributed by atoms with Crippen molar-refractivity contribution in [1.29, 1.82) is 0 Å². The van der Waals surface area contributed by atoms with E-state index in [0.29, 0.717) is 29.2 Å². The first-order chi connectivity index (χ1) is 14.4. The highest BCUT2D eigenvalue weighted by molar-refractivity contribution is 5.63. The molecule has 3 rings (SSSR count). The summed E-state index contributed by atoms with van der Waals surface area (Å²) in [5, 5.41) is 40.8. The van der Waals surface area contributed by atoms with Crippen molar-refractivity contribution < 1.29 is 39.4 Å². The highest BCUT2D eigenvalue weighted by Crippen LogP contribution is 2.54. The molecule has 0 spiro atoms. The number of aliphatic hydroxyl groups excluding tert-OH is 2. The summed E-state index contributed by atoms with van der Waals surface area (Å²) in [7, 11) is 5.95. The maximum Gasteiger partial charge on any atom is 0.203 e. The lowest BCUT2D eigenvalue weighted by Crippen LogP contribution is -2.35. The number of aliphatic hydroxyl groups is 2. The zero-order valence-corrected chi connectivity index (χ0v) is 17.5. The fraction of sp³-hybridized carbons (Fsp3) is 0.455. The Balaban J connectivity index is 2.33. The van der Waals surface area contributed by atoms with Crippen LogP contribution in [0.5, 0.6) is 34.5 Å². The minimum absolute atomic E-state index is 0.138. The molecule has 8 nitrogen and oxygen atoms in total. The third-order valence-electron chi connectivity index (χ3n) is 5.88. The molecule has 0 bridgehead atoms. The molecule has 0 amide bonds. The number of hydrogen-bond donors (Lipinski definition) is 4. The molecule has 0 heterocycles. The van der Waals surface area contributed by atoms with Crippen LogP contribution in [0.2, 0.25) is 0 Å². The lowest BCUT2D eigenvalue weighted by atomic mass is 9.66. The van der Waals surface area contributed by atoms with Crippen LogP contribution in [0, 0.1) is 11.8 Å². The molecule has 2 aromatic carbocycles. The van der Waals surface area contributed by atoms with Crippen LogP contribution in [-0.4, -0.2) is 62.1 Å². The molecule has 0 aliphatic heterocycles. The fourth-order valence-corrected chi connectivity index (χ4v) is 4.49. The van der Waals surface area contributed by atoms with Crippen molar-refractivity contribution in [3.63, 3.8) is 0 Å². The second kappa shape index (κ2) is 8.89. The SMILES string of the molecule is COc1cc([C@H]2c3c(cc(O)c(O)c3OC)C[C@@H](CO)[C@@H]2CO)cc(OC)c1OC. The Hall–Kier alpha value is -2.84. The minimum Gasteiger partial charge on any atom is -0.504 e. The van der Waals surface area contributed by atoms with Crippen LogP contribution >= 0.6 is 0 Å². The first-order valence-electron chi connectivity index (χ1n) is 9.58. The van der Waals surface area contributed by atoms with E-state index < -0.39 is 5.92 Å². The third kappa shape index (κ3) is 3.46. The van der Waals surface area contributed by atoms with Crippen molar-refractivity contribution >= 4 is 0 Å². The van der Waals surface area contributed by atoms with Crippen molar-refractivity contribution in [2.75, 3.05) is 41.7 Å². The molecule has 164 valence electrons. The number of methoxy groups -OCH3 is 4. The Bertz CT molecular complexity index is 885. The predicted molar refractivity (Wildman–Crippen MR) is 109 cm³/mol. The molecule has 1 aliphatic rings. The second-order valence-electron chi connectivity index (χ2n) is 7.28. The molecule has 0 saturated heterocycles. The van der Waals surface area contributed by atoms with E-state index in [0.717, 1.165) is 11.1 Å². The van der Waals surface area contributed by atoms with E-state index in [1.165, 1.54) is 34.5 Å². The standard InChI is InChI=1S/C22H28O8/c1-27-16-7-12(8-17(28-2)21(16)29-3)18-14(10-24)13(9-23)5-11-6-15(25)20(26)22(30-4)19(11)18/h6-8,13-14,18,23-26H,5,9-10H2,1-4H3/t13-,14-,18+/m0/s1. The summed E-state index contributed by atoms with van der Waals surface area (Å²) in [6.45, 7) is -0.341. The Morgan fingerprint density at radius 1 is 0.833 bits per heavy atom. The molecule has 1 aliphatic carbocycles. The first-order valence-corrected chi connectivity index (χ1v) is 9.58. The van der Waals surface area contributed by atoms with E-state index in [4.69, 9.17) is 18.9 Å². The summed E-state index contributed by atoms with van der Waals surface area (Å²) in [5.74, 6) is -0.315. The van der Waals surface area contributed by atoms with Crippen LogP contribution in [0.4, 0.5) is 0 Å². The summed E-state index contributed by atoms with van der Waals surface area (Å²) in [6.07, 6.45) is 0.419. The summed E-state index contributed by atoms with van der Waals surface area (Å²) in [4.78, 5) is 0. The van der Waals surface area contributed by atoms with Gasteiger partial charge in [0, 0.05) is 24.7 Å². The van der Waals surface area contributed by atoms with Gasteiger partial charge in [-0.05, 0) is 47.6 Å². The van der Waals surface area contributed by atoms with Crippen molar-refractivity contribution in [3.05, 3.63) is 34.9 Å². The van der Waals surface area contributed by atoms with Gasteiger partial charge < -0.3 is 39.4 Å². The van der Waals surface area contributed by atoms with Crippen LogP contribution in [0.15, 0.2) is 18.2 Å². The summed E-state index contributed by atoms with van der Waals surface area (Å²) < 4.78 is 21.8. The van der Waals surface area contributed by atoms with Gasteiger partial charge in [-0.25, -0.2) is 0 Å². The third-order valence-corrected chi connectivity index (χ3v) is 5.88. The molecule has 30 heavy (non-hydrogen) atoms. The van der Waals surface area contributed by atoms with E-state index in [1.54, 1.807) is 12.1 Å². The van der Waals surface area contributed by atoms with Crippen LogP contribution < -0.4 is 18.9 Å². The smallest absolute Gasteiger partial charge is 0.203 e. The Morgan fingerprint density at radius 2 is 1.43 bits per heavy atom. The predicted octanol–water partition coefficient (Wildman–Crippen LogP) is 2.04.